The molecule has 3 aromatic rings. The van der Waals surface area contributed by atoms with Gasteiger partial charge in [-0.2, -0.15) is 0 Å². The molecule has 1 atom stereocenters. The van der Waals surface area contributed by atoms with E-state index in [0.29, 0.717) is 12.1 Å². The molecule has 0 bridgehead atoms. The fraction of sp³-hybridized carbons (Fsp3) is 0.423. The Hall–Kier alpha value is -2.67. The lowest BCUT2D eigenvalue weighted by Crippen LogP contribution is -2.45. The van der Waals surface area contributed by atoms with Crippen molar-refractivity contribution in [1.29, 1.82) is 0 Å². The summed E-state index contributed by atoms with van der Waals surface area (Å²) < 4.78 is 30.7. The van der Waals surface area contributed by atoms with Gasteiger partial charge in [-0.05, 0) is 73.9 Å². The summed E-state index contributed by atoms with van der Waals surface area (Å²) >= 11 is 1.81. The first-order chi connectivity index (χ1) is 16.1. The lowest BCUT2D eigenvalue weighted by atomic mass is 9.95. The van der Waals surface area contributed by atoms with Crippen LogP contribution in [-0.4, -0.2) is 21.5 Å². The number of aryl methyl sites for hydroxylation is 1. The van der Waals surface area contributed by atoms with Gasteiger partial charge in [0.15, 0.2) is 0 Å². The van der Waals surface area contributed by atoms with Crippen molar-refractivity contribution in [3.8, 4) is 5.00 Å². The van der Waals surface area contributed by atoms with Gasteiger partial charge in [-0.25, -0.2) is 13.6 Å². The van der Waals surface area contributed by atoms with Crippen LogP contribution in [0.5, 0.6) is 0 Å². The Kier molecular flexibility index (Phi) is 5.24. The van der Waals surface area contributed by atoms with Gasteiger partial charge in [-0.3, -0.25) is 0 Å². The van der Waals surface area contributed by atoms with Gasteiger partial charge < -0.3 is 14.8 Å². The largest absolute Gasteiger partial charge is 0.335 e. The normalized spacial score (nSPS) is 20.2. The lowest BCUT2D eigenvalue weighted by Gasteiger charge is -2.32. The summed E-state index contributed by atoms with van der Waals surface area (Å²) in [6, 6.07) is 6.95. The number of nitrogens with zero attached hydrogens (tertiary/aromatic N) is 2. The molecule has 6 rings (SSSR count). The third-order valence-corrected chi connectivity index (χ3v) is 8.66. The van der Waals surface area contributed by atoms with Gasteiger partial charge >= 0.3 is 6.03 Å². The number of nitrogens with one attached hydrogen (secondary N) is 1. The molecule has 3 heterocycles. The zero-order chi connectivity index (χ0) is 22.5. The Morgan fingerprint density at radius 1 is 1.00 bits per heavy atom. The van der Waals surface area contributed by atoms with Gasteiger partial charge in [0.05, 0.1) is 12.2 Å². The highest BCUT2D eigenvalue weighted by Gasteiger charge is 2.37. The molecule has 1 aliphatic heterocycles. The topological polar surface area (TPSA) is 37.3 Å². The molecule has 0 spiro atoms. The van der Waals surface area contributed by atoms with Crippen molar-refractivity contribution in [3.05, 3.63) is 75.4 Å². The van der Waals surface area contributed by atoms with E-state index in [1.807, 2.05) is 18.3 Å². The van der Waals surface area contributed by atoms with Gasteiger partial charge in [0.1, 0.15) is 22.7 Å². The van der Waals surface area contributed by atoms with Crippen molar-refractivity contribution in [2.75, 3.05) is 0 Å². The van der Waals surface area contributed by atoms with Gasteiger partial charge in [-0.1, -0.05) is 12.8 Å². The summed E-state index contributed by atoms with van der Waals surface area (Å²) in [5.74, 6) is -1.26. The summed E-state index contributed by atoms with van der Waals surface area (Å²) in [6.07, 6.45) is 10.7. The predicted octanol–water partition coefficient (Wildman–Crippen LogP) is 6.25. The van der Waals surface area contributed by atoms with E-state index in [1.54, 1.807) is 16.2 Å². The number of carbonyl (C=O) groups excluding carboxylic acids is 1. The quantitative estimate of drug-likeness (QED) is 0.475. The molecule has 3 aliphatic rings. The number of benzene rings is 1. The van der Waals surface area contributed by atoms with E-state index in [-0.39, 0.29) is 12.1 Å². The van der Waals surface area contributed by atoms with Crippen LogP contribution in [0.1, 0.15) is 71.8 Å². The Labute approximate surface area is 196 Å². The van der Waals surface area contributed by atoms with E-state index in [9.17, 15) is 13.6 Å². The van der Waals surface area contributed by atoms with E-state index < -0.39 is 17.7 Å². The molecular weight excluding hydrogens is 440 g/mol. The van der Waals surface area contributed by atoms with Crippen LogP contribution in [0, 0.1) is 11.6 Å². The molecule has 0 unspecified atom stereocenters. The van der Waals surface area contributed by atoms with Crippen LogP contribution in [0.4, 0.5) is 13.6 Å². The molecule has 1 N–H and O–H groups in total. The Bertz CT molecular complexity index is 1190. The highest BCUT2D eigenvalue weighted by molar-refractivity contribution is 7.15. The van der Waals surface area contributed by atoms with Gasteiger partial charge in [0.2, 0.25) is 0 Å². The van der Waals surface area contributed by atoms with Crippen molar-refractivity contribution in [2.45, 2.75) is 70.0 Å². The minimum Gasteiger partial charge on any atom is -0.335 e. The van der Waals surface area contributed by atoms with E-state index in [4.69, 9.17) is 0 Å². The molecule has 2 amide bonds. The van der Waals surface area contributed by atoms with Gasteiger partial charge in [0.25, 0.3) is 0 Å². The number of halogens is 2. The maximum absolute atomic E-state index is 14.3. The fourth-order valence-electron chi connectivity index (χ4n) is 5.80. The second-order valence-electron chi connectivity index (χ2n) is 9.46. The van der Waals surface area contributed by atoms with Crippen molar-refractivity contribution in [1.82, 2.24) is 14.8 Å². The zero-order valence-electron chi connectivity index (χ0n) is 18.4. The number of aromatic nitrogens is 1. The standard InChI is InChI=1S/C26H27F2N3OS/c27-17-12-16(13-18(28)14-17)24-22-9-5-11-30(22)25-21(20-8-3-4-10-23(20)33-25)15-31(24)26(32)29-19-6-1-2-7-19/h5,9,11-14,19,24H,1-4,6-8,10,15H2,(H,29,32)/t24-/m1/s1. The van der Waals surface area contributed by atoms with Crippen LogP contribution in [0.25, 0.3) is 5.00 Å². The van der Waals surface area contributed by atoms with Crippen LogP contribution in [0.2, 0.25) is 0 Å². The highest BCUT2D eigenvalue weighted by atomic mass is 32.1. The second-order valence-corrected chi connectivity index (χ2v) is 10.5. The second kappa shape index (κ2) is 8.28. The number of rotatable bonds is 2. The van der Waals surface area contributed by atoms with E-state index in [2.05, 4.69) is 9.88 Å². The van der Waals surface area contributed by atoms with Gasteiger partial charge in [-0.15, -0.1) is 11.3 Å². The smallest absolute Gasteiger partial charge is 0.318 e. The first kappa shape index (κ1) is 20.9. The minimum absolute atomic E-state index is 0.159. The summed E-state index contributed by atoms with van der Waals surface area (Å²) in [5, 5.41) is 4.36. The average Bonchev–Trinajstić information content (AvgIpc) is 3.52. The number of urea groups is 1. The van der Waals surface area contributed by atoms with Crippen molar-refractivity contribution in [3.63, 3.8) is 0 Å². The molecule has 172 valence electrons. The summed E-state index contributed by atoms with van der Waals surface area (Å²) in [6.45, 7) is 0.435. The van der Waals surface area contributed by atoms with E-state index in [0.717, 1.165) is 61.7 Å². The summed E-state index contributed by atoms with van der Waals surface area (Å²) in [7, 11) is 0. The fourth-order valence-corrected chi connectivity index (χ4v) is 7.20. The lowest BCUT2D eigenvalue weighted by molar-refractivity contribution is 0.176. The number of fused-ring (bicyclic) bond motifs is 5. The molecule has 7 heteroatoms. The Morgan fingerprint density at radius 2 is 1.76 bits per heavy atom. The van der Waals surface area contributed by atoms with Crippen LogP contribution in [0.15, 0.2) is 36.5 Å². The van der Waals surface area contributed by atoms with E-state index in [1.165, 1.54) is 34.6 Å². The molecule has 0 saturated heterocycles. The Morgan fingerprint density at radius 3 is 2.55 bits per heavy atom. The number of hydrogen-bond donors (Lipinski definition) is 1. The number of thiophene rings is 1. The van der Waals surface area contributed by atoms with Crippen molar-refractivity contribution >= 4 is 17.4 Å². The molecule has 33 heavy (non-hydrogen) atoms. The summed E-state index contributed by atoms with van der Waals surface area (Å²) in [5.41, 5.74) is 3.87. The number of amides is 2. The molecule has 1 fully saturated rings. The molecule has 1 aromatic carbocycles. The third kappa shape index (κ3) is 3.66. The molecule has 2 aliphatic carbocycles. The molecule has 0 radical (unpaired) electrons. The van der Waals surface area contributed by atoms with E-state index >= 15 is 0 Å². The molecular formula is C26H27F2N3OS. The van der Waals surface area contributed by atoms with Gasteiger partial charge in [0, 0.05) is 28.7 Å². The SMILES string of the molecule is O=C(NC1CCCC1)N1Cc2c(sc3c2CCCC3)-n2cccc2[C@H]1c1cc(F)cc(F)c1. The predicted molar refractivity (Wildman–Crippen MR) is 125 cm³/mol. The van der Waals surface area contributed by atoms with Crippen LogP contribution >= 0.6 is 11.3 Å². The maximum Gasteiger partial charge on any atom is 0.318 e. The van der Waals surface area contributed by atoms with Crippen LogP contribution in [0.3, 0.4) is 0 Å². The highest BCUT2D eigenvalue weighted by Crippen LogP contribution is 2.44. The first-order valence-corrected chi connectivity index (χ1v) is 12.7. The zero-order valence-corrected chi connectivity index (χ0v) is 19.3. The number of carbonyl (C=O) groups is 1. The van der Waals surface area contributed by atoms with Crippen LogP contribution in [-0.2, 0) is 19.4 Å². The third-order valence-electron chi connectivity index (χ3n) is 7.32. The van der Waals surface area contributed by atoms with Crippen molar-refractivity contribution < 1.29 is 13.6 Å². The van der Waals surface area contributed by atoms with Crippen molar-refractivity contribution in [2.24, 2.45) is 0 Å². The summed E-state index contributed by atoms with van der Waals surface area (Å²) in [4.78, 5) is 16.9. The minimum atomic E-state index is -0.629. The molecule has 2 aromatic heterocycles. The molecule has 4 nitrogen and oxygen atoms in total. The Balaban J connectivity index is 1.51. The first-order valence-electron chi connectivity index (χ1n) is 11.9. The number of hydrogen-bond acceptors (Lipinski definition) is 2. The van der Waals surface area contributed by atoms with Crippen LogP contribution < -0.4 is 5.32 Å². The monoisotopic (exact) mass is 467 g/mol. The average molecular weight is 468 g/mol. The maximum atomic E-state index is 14.3. The molecule has 1 saturated carbocycles.